The molecule has 0 spiro atoms. The van der Waals surface area contributed by atoms with E-state index in [1.165, 1.54) is 23.5 Å². The van der Waals surface area contributed by atoms with E-state index in [4.69, 9.17) is 16.9 Å². The number of hydrogen-bond acceptors (Lipinski definition) is 4. The maximum Gasteiger partial charge on any atom is 0.230 e. The minimum atomic E-state index is -0.504. The summed E-state index contributed by atoms with van der Waals surface area (Å²) in [6, 6.07) is 12.9. The second-order valence-electron chi connectivity index (χ2n) is 5.69. The van der Waals surface area contributed by atoms with E-state index < -0.39 is 5.82 Å². The van der Waals surface area contributed by atoms with Crippen LogP contribution in [0, 0.1) is 17.1 Å². The monoisotopic (exact) mass is 436 g/mol. The molecule has 0 aliphatic heterocycles. The molecule has 0 aliphatic carbocycles. The van der Waals surface area contributed by atoms with Gasteiger partial charge in [0.05, 0.1) is 18.1 Å². The third kappa shape index (κ3) is 5.20. The van der Waals surface area contributed by atoms with Crippen LogP contribution in [0.2, 0.25) is 5.02 Å². The highest BCUT2D eigenvalue weighted by molar-refractivity contribution is 7.07. The van der Waals surface area contributed by atoms with E-state index in [2.05, 4.69) is 10.3 Å². The third-order valence-corrected chi connectivity index (χ3v) is 4.98. The number of hydrogen-bond donors (Lipinski definition) is 1. The summed E-state index contributed by atoms with van der Waals surface area (Å²) < 4.78 is 15.7. The van der Waals surface area contributed by atoms with Crippen molar-refractivity contribution in [1.29, 1.82) is 5.26 Å². The fourth-order valence-electron chi connectivity index (χ4n) is 2.34. The van der Waals surface area contributed by atoms with Crippen LogP contribution < -0.4 is 10.1 Å². The molecule has 144 valence electrons. The van der Waals surface area contributed by atoms with E-state index in [1.807, 2.05) is 11.4 Å². The molecule has 0 atom stereocenters. The van der Waals surface area contributed by atoms with Crippen LogP contribution in [0.25, 0.3) is 0 Å². The molecule has 0 saturated heterocycles. The van der Waals surface area contributed by atoms with Gasteiger partial charge in [0.25, 0.3) is 0 Å². The Morgan fingerprint density at radius 2 is 2.04 bits per heavy atom. The summed E-state index contributed by atoms with van der Waals surface area (Å²) in [4.78, 5) is 17.1. The summed E-state index contributed by atoms with van der Waals surface area (Å²) in [5, 5.41) is 13.7. The molecule has 0 radical (unpaired) electrons. The van der Waals surface area contributed by atoms with Crippen LogP contribution in [0.5, 0.6) is 0 Å². The highest BCUT2D eigenvalue weighted by atomic mass is 35.5. The lowest BCUT2D eigenvalue weighted by Crippen LogP contribution is -2.19. The van der Waals surface area contributed by atoms with Crippen molar-refractivity contribution in [2.75, 3.05) is 5.32 Å². The van der Waals surface area contributed by atoms with Crippen molar-refractivity contribution in [3.05, 3.63) is 74.7 Å². The average molecular weight is 437 g/mol. The molecule has 3 aromatic rings. The van der Waals surface area contributed by atoms with Crippen LogP contribution in [0.1, 0.15) is 11.3 Å². The zero-order valence-electron chi connectivity index (χ0n) is 14.6. The topological polar surface area (TPSA) is 70.2 Å². The van der Waals surface area contributed by atoms with Crippen molar-refractivity contribution >= 4 is 52.6 Å². The van der Waals surface area contributed by atoms with Crippen molar-refractivity contribution in [3.8, 4) is 6.07 Å². The summed E-state index contributed by atoms with van der Waals surface area (Å²) >= 11 is 7.07. The Hall–Kier alpha value is -2.66. The number of carbonyl (C=O) groups excluding carboxylic acids is 1. The summed E-state index contributed by atoms with van der Waals surface area (Å²) in [6.07, 6.45) is 0.144. The number of carbonyl (C=O) groups is 1. The molecule has 1 heterocycles. The summed E-state index contributed by atoms with van der Waals surface area (Å²) in [7, 11) is 1.77. The molecule has 0 saturated carbocycles. The fourth-order valence-corrected chi connectivity index (χ4v) is 3.40. The molecular weight excluding hydrogens is 422 g/mol. The van der Waals surface area contributed by atoms with E-state index in [1.54, 1.807) is 41.9 Å². The number of thiazole rings is 1. The fraction of sp³-hybridized carbons (Fsp3) is 0.105. The van der Waals surface area contributed by atoms with Crippen LogP contribution in [-0.2, 0) is 18.3 Å². The number of halogens is 3. The molecule has 3 rings (SSSR count). The Bertz CT molecular complexity index is 1100. The number of rotatable bonds is 4. The SMILES string of the molecule is Cl.Cn1c(CC(=O)Nc2ccc(C#N)cc2)csc1=Nc1ccc(Cl)cc1F. The van der Waals surface area contributed by atoms with Gasteiger partial charge in [0, 0.05) is 28.8 Å². The Morgan fingerprint density at radius 3 is 2.68 bits per heavy atom. The number of nitrogens with zero attached hydrogens (tertiary/aromatic N) is 3. The molecule has 1 N–H and O–H groups in total. The Kier molecular flexibility index (Phi) is 7.35. The first kappa shape index (κ1) is 21.6. The highest BCUT2D eigenvalue weighted by Crippen LogP contribution is 2.21. The van der Waals surface area contributed by atoms with Gasteiger partial charge in [0.2, 0.25) is 5.91 Å². The van der Waals surface area contributed by atoms with E-state index in [0.717, 1.165) is 5.69 Å². The molecular formula is C19H15Cl2FN4OS. The Labute approximate surface area is 176 Å². The standard InChI is InChI=1S/C19H14ClFN4OS.ClH/c1-25-15(9-18(26)23-14-5-2-12(10-22)3-6-14)11-27-19(25)24-17-7-4-13(20)8-16(17)21;/h2-8,11H,9H2,1H3,(H,23,26);1H. The molecule has 1 aromatic heterocycles. The molecule has 5 nitrogen and oxygen atoms in total. The highest BCUT2D eigenvalue weighted by Gasteiger charge is 2.09. The van der Waals surface area contributed by atoms with Gasteiger partial charge < -0.3 is 9.88 Å². The van der Waals surface area contributed by atoms with Crippen molar-refractivity contribution in [2.45, 2.75) is 6.42 Å². The lowest BCUT2D eigenvalue weighted by atomic mass is 10.2. The van der Waals surface area contributed by atoms with Crippen LogP contribution in [-0.4, -0.2) is 10.5 Å². The van der Waals surface area contributed by atoms with Crippen LogP contribution >= 0.6 is 35.3 Å². The van der Waals surface area contributed by atoms with Gasteiger partial charge in [-0.3, -0.25) is 4.79 Å². The number of nitrogens with one attached hydrogen (secondary N) is 1. The second kappa shape index (κ2) is 9.51. The van der Waals surface area contributed by atoms with Gasteiger partial charge in [-0.05, 0) is 42.5 Å². The first-order valence-corrected chi connectivity index (χ1v) is 9.15. The van der Waals surface area contributed by atoms with Crippen molar-refractivity contribution in [2.24, 2.45) is 12.0 Å². The molecule has 28 heavy (non-hydrogen) atoms. The van der Waals surface area contributed by atoms with E-state index in [0.29, 0.717) is 21.1 Å². The first-order chi connectivity index (χ1) is 13.0. The number of nitriles is 1. The average Bonchev–Trinajstić information content (AvgIpc) is 2.98. The molecule has 0 unspecified atom stereocenters. The van der Waals surface area contributed by atoms with Crippen molar-refractivity contribution < 1.29 is 9.18 Å². The summed E-state index contributed by atoms with van der Waals surface area (Å²) in [5.41, 5.74) is 2.08. The van der Waals surface area contributed by atoms with Crippen LogP contribution in [0.15, 0.2) is 52.8 Å². The summed E-state index contributed by atoms with van der Waals surface area (Å²) in [5.74, 6) is -0.701. The zero-order valence-corrected chi connectivity index (χ0v) is 17.0. The largest absolute Gasteiger partial charge is 0.326 e. The van der Waals surface area contributed by atoms with Gasteiger partial charge in [-0.1, -0.05) is 11.6 Å². The molecule has 0 aliphatic rings. The molecule has 0 bridgehead atoms. The van der Waals surface area contributed by atoms with Gasteiger partial charge in [-0.25, -0.2) is 9.38 Å². The molecule has 1 amide bonds. The van der Waals surface area contributed by atoms with Gasteiger partial charge >= 0.3 is 0 Å². The Morgan fingerprint density at radius 1 is 1.32 bits per heavy atom. The number of amides is 1. The number of anilines is 1. The number of aromatic nitrogens is 1. The zero-order chi connectivity index (χ0) is 19.4. The van der Waals surface area contributed by atoms with E-state index >= 15 is 0 Å². The summed E-state index contributed by atoms with van der Waals surface area (Å²) in [6.45, 7) is 0. The minimum Gasteiger partial charge on any atom is -0.326 e. The van der Waals surface area contributed by atoms with Crippen LogP contribution in [0.3, 0.4) is 0 Å². The molecule has 2 aromatic carbocycles. The predicted octanol–water partition coefficient (Wildman–Crippen LogP) is 4.59. The van der Waals surface area contributed by atoms with E-state index in [-0.39, 0.29) is 30.4 Å². The van der Waals surface area contributed by atoms with Gasteiger partial charge in [-0.15, -0.1) is 23.7 Å². The third-order valence-electron chi connectivity index (χ3n) is 3.78. The minimum absolute atomic E-state index is 0. The van der Waals surface area contributed by atoms with Gasteiger partial charge in [0.15, 0.2) is 4.80 Å². The van der Waals surface area contributed by atoms with Gasteiger partial charge in [-0.2, -0.15) is 5.26 Å². The van der Waals surface area contributed by atoms with Crippen molar-refractivity contribution in [1.82, 2.24) is 4.57 Å². The first-order valence-electron chi connectivity index (χ1n) is 7.89. The lowest BCUT2D eigenvalue weighted by Gasteiger charge is -2.06. The molecule has 9 heteroatoms. The lowest BCUT2D eigenvalue weighted by molar-refractivity contribution is -0.115. The predicted molar refractivity (Wildman–Crippen MR) is 111 cm³/mol. The van der Waals surface area contributed by atoms with Crippen LogP contribution in [0.4, 0.5) is 15.8 Å². The maximum atomic E-state index is 13.9. The number of benzene rings is 2. The maximum absolute atomic E-state index is 13.9. The van der Waals surface area contributed by atoms with Gasteiger partial charge in [0.1, 0.15) is 11.5 Å². The normalized spacial score (nSPS) is 10.9. The van der Waals surface area contributed by atoms with E-state index in [9.17, 15) is 9.18 Å². The quantitative estimate of drug-likeness (QED) is 0.649. The molecule has 0 fully saturated rings. The Balaban J connectivity index is 0.00000280. The smallest absolute Gasteiger partial charge is 0.230 e. The van der Waals surface area contributed by atoms with Crippen molar-refractivity contribution in [3.63, 3.8) is 0 Å². The second-order valence-corrected chi connectivity index (χ2v) is 6.96.